The number of nitrogens with two attached hydrogens (primary N) is 1. The molecule has 0 amide bonds. The lowest BCUT2D eigenvalue weighted by atomic mass is 10.1. The Morgan fingerprint density at radius 3 is 2.92 bits per heavy atom. The summed E-state index contributed by atoms with van der Waals surface area (Å²) >= 11 is 1.70. The van der Waals surface area contributed by atoms with Crippen LogP contribution in [-0.2, 0) is 0 Å². The van der Waals surface area contributed by atoms with Crippen molar-refractivity contribution in [3.05, 3.63) is 23.1 Å². The monoisotopic (exact) mass is 193 g/mol. The fourth-order valence-electron chi connectivity index (χ4n) is 1.44. The lowest BCUT2D eigenvalue weighted by Crippen LogP contribution is -1.95. The van der Waals surface area contributed by atoms with E-state index >= 15 is 0 Å². The molecule has 2 rings (SSSR count). The van der Waals surface area contributed by atoms with Gasteiger partial charge in [-0.2, -0.15) is 0 Å². The van der Waals surface area contributed by atoms with Crippen LogP contribution >= 0.6 is 11.3 Å². The molecule has 0 aliphatic rings. The third kappa shape index (κ3) is 1.16. The molecule has 1 aromatic carbocycles. The van der Waals surface area contributed by atoms with Gasteiger partial charge >= 0.3 is 0 Å². The summed E-state index contributed by atoms with van der Waals surface area (Å²) in [5, 5.41) is 3.15. The molecule has 0 atom stereocenters. The Morgan fingerprint density at radius 1 is 1.46 bits per heavy atom. The normalized spacial score (nSPS) is 10.6. The molecule has 0 aliphatic heterocycles. The SMILES string of the molecule is COc1c(N)c(C)cc2sccc12. The van der Waals surface area contributed by atoms with Gasteiger partial charge < -0.3 is 10.5 Å². The quantitative estimate of drug-likeness (QED) is 0.707. The molecule has 2 nitrogen and oxygen atoms in total. The molecular formula is C10H11NOS. The van der Waals surface area contributed by atoms with Gasteiger partial charge in [0.25, 0.3) is 0 Å². The van der Waals surface area contributed by atoms with Gasteiger partial charge in [0.2, 0.25) is 0 Å². The van der Waals surface area contributed by atoms with Crippen molar-refractivity contribution in [3.63, 3.8) is 0 Å². The average Bonchev–Trinajstić information content (AvgIpc) is 2.54. The van der Waals surface area contributed by atoms with Crippen molar-refractivity contribution in [2.75, 3.05) is 12.8 Å². The second-order valence-electron chi connectivity index (χ2n) is 2.97. The molecule has 0 unspecified atom stereocenters. The molecule has 2 aromatic rings. The Balaban J connectivity index is 2.87. The molecule has 2 N–H and O–H groups in total. The van der Waals surface area contributed by atoms with Gasteiger partial charge in [0.15, 0.2) is 5.75 Å². The number of nitrogen functional groups attached to an aromatic ring is 1. The van der Waals surface area contributed by atoms with E-state index in [1.165, 1.54) is 4.70 Å². The van der Waals surface area contributed by atoms with Crippen LogP contribution in [0.5, 0.6) is 5.75 Å². The molecule has 3 heteroatoms. The number of anilines is 1. The number of hydrogen-bond acceptors (Lipinski definition) is 3. The maximum atomic E-state index is 5.90. The highest BCUT2D eigenvalue weighted by molar-refractivity contribution is 7.17. The first-order valence-corrected chi connectivity index (χ1v) is 4.92. The minimum atomic E-state index is 0.744. The molecular weight excluding hydrogens is 182 g/mol. The summed E-state index contributed by atoms with van der Waals surface area (Å²) in [7, 11) is 1.65. The fraction of sp³-hybridized carbons (Fsp3) is 0.200. The predicted octanol–water partition coefficient (Wildman–Crippen LogP) is 2.80. The van der Waals surface area contributed by atoms with Crippen molar-refractivity contribution in [2.24, 2.45) is 0 Å². The summed E-state index contributed by atoms with van der Waals surface area (Å²) in [6, 6.07) is 4.13. The first kappa shape index (κ1) is 8.38. The van der Waals surface area contributed by atoms with Crippen LogP contribution in [0.4, 0.5) is 5.69 Å². The zero-order chi connectivity index (χ0) is 9.42. The van der Waals surface area contributed by atoms with Gasteiger partial charge in [-0.25, -0.2) is 0 Å². The molecule has 1 aromatic heterocycles. The third-order valence-electron chi connectivity index (χ3n) is 2.16. The number of methoxy groups -OCH3 is 1. The average molecular weight is 193 g/mol. The molecule has 0 aliphatic carbocycles. The second-order valence-corrected chi connectivity index (χ2v) is 3.92. The molecule has 0 spiro atoms. The number of hydrogen-bond donors (Lipinski definition) is 1. The highest BCUT2D eigenvalue weighted by Crippen LogP contribution is 2.36. The molecule has 0 fully saturated rings. The minimum absolute atomic E-state index is 0.744. The molecule has 13 heavy (non-hydrogen) atoms. The second kappa shape index (κ2) is 2.92. The van der Waals surface area contributed by atoms with Gasteiger partial charge in [-0.15, -0.1) is 11.3 Å². The summed E-state index contributed by atoms with van der Waals surface area (Å²) < 4.78 is 6.50. The largest absolute Gasteiger partial charge is 0.494 e. The van der Waals surface area contributed by atoms with Gasteiger partial charge in [0.1, 0.15) is 0 Å². The van der Waals surface area contributed by atoms with E-state index in [0.29, 0.717) is 0 Å². The molecule has 68 valence electrons. The zero-order valence-electron chi connectivity index (χ0n) is 7.63. The van der Waals surface area contributed by atoms with Crippen molar-refractivity contribution in [1.29, 1.82) is 0 Å². The number of aryl methyl sites for hydroxylation is 1. The number of rotatable bonds is 1. The highest BCUT2D eigenvalue weighted by atomic mass is 32.1. The fourth-order valence-corrected chi connectivity index (χ4v) is 2.32. The summed E-state index contributed by atoms with van der Waals surface area (Å²) in [5.74, 6) is 0.802. The van der Waals surface area contributed by atoms with Gasteiger partial charge in [0.05, 0.1) is 12.8 Å². The van der Waals surface area contributed by atoms with E-state index in [0.717, 1.165) is 22.4 Å². The maximum absolute atomic E-state index is 5.90. The van der Waals surface area contributed by atoms with Crippen LogP contribution in [-0.4, -0.2) is 7.11 Å². The standard InChI is InChI=1S/C10H11NOS/c1-6-5-8-7(3-4-13-8)10(12-2)9(6)11/h3-5H,11H2,1-2H3. The summed E-state index contributed by atoms with van der Waals surface area (Å²) in [6.07, 6.45) is 0. The first-order chi connectivity index (χ1) is 6.24. The Hall–Kier alpha value is -1.22. The van der Waals surface area contributed by atoms with Crippen molar-refractivity contribution < 1.29 is 4.74 Å². The van der Waals surface area contributed by atoms with Crippen LogP contribution in [0.25, 0.3) is 10.1 Å². The third-order valence-corrected chi connectivity index (χ3v) is 3.02. The minimum Gasteiger partial charge on any atom is -0.494 e. The van der Waals surface area contributed by atoms with E-state index in [2.05, 4.69) is 6.07 Å². The molecule has 0 bridgehead atoms. The van der Waals surface area contributed by atoms with E-state index in [1.807, 2.05) is 18.4 Å². The van der Waals surface area contributed by atoms with Crippen molar-refractivity contribution >= 4 is 27.1 Å². The van der Waals surface area contributed by atoms with Crippen molar-refractivity contribution in [2.45, 2.75) is 6.92 Å². The number of thiophene rings is 1. The summed E-state index contributed by atoms with van der Waals surface area (Å²) in [6.45, 7) is 2.00. The topological polar surface area (TPSA) is 35.2 Å². The number of ether oxygens (including phenoxy) is 1. The Kier molecular flexibility index (Phi) is 1.88. The van der Waals surface area contributed by atoms with E-state index in [4.69, 9.17) is 10.5 Å². The van der Waals surface area contributed by atoms with Gasteiger partial charge in [-0.1, -0.05) is 0 Å². The molecule has 0 saturated carbocycles. The summed E-state index contributed by atoms with van der Waals surface area (Å²) in [5.41, 5.74) is 7.72. The Bertz CT molecular complexity index is 447. The lowest BCUT2D eigenvalue weighted by Gasteiger charge is -2.08. The lowest BCUT2D eigenvalue weighted by molar-refractivity contribution is 0.422. The Labute approximate surface area is 80.9 Å². The van der Waals surface area contributed by atoms with Crippen LogP contribution < -0.4 is 10.5 Å². The van der Waals surface area contributed by atoms with Crippen LogP contribution in [0.1, 0.15) is 5.56 Å². The van der Waals surface area contributed by atoms with Crippen LogP contribution in [0.2, 0.25) is 0 Å². The predicted molar refractivity (Wildman–Crippen MR) is 57.5 cm³/mol. The molecule has 0 saturated heterocycles. The van der Waals surface area contributed by atoms with Crippen molar-refractivity contribution in [3.8, 4) is 5.75 Å². The smallest absolute Gasteiger partial charge is 0.150 e. The van der Waals surface area contributed by atoms with Crippen LogP contribution in [0, 0.1) is 6.92 Å². The van der Waals surface area contributed by atoms with E-state index in [1.54, 1.807) is 18.4 Å². The maximum Gasteiger partial charge on any atom is 0.150 e. The first-order valence-electron chi connectivity index (χ1n) is 4.04. The van der Waals surface area contributed by atoms with Crippen LogP contribution in [0.15, 0.2) is 17.5 Å². The van der Waals surface area contributed by atoms with Gasteiger partial charge in [-0.05, 0) is 30.0 Å². The van der Waals surface area contributed by atoms with Gasteiger partial charge in [-0.3, -0.25) is 0 Å². The zero-order valence-corrected chi connectivity index (χ0v) is 8.44. The molecule has 0 radical (unpaired) electrons. The Morgan fingerprint density at radius 2 is 2.23 bits per heavy atom. The molecule has 1 heterocycles. The van der Waals surface area contributed by atoms with Crippen molar-refractivity contribution in [1.82, 2.24) is 0 Å². The van der Waals surface area contributed by atoms with E-state index in [9.17, 15) is 0 Å². The van der Waals surface area contributed by atoms with Crippen LogP contribution in [0.3, 0.4) is 0 Å². The number of fused-ring (bicyclic) bond motifs is 1. The van der Waals surface area contributed by atoms with Gasteiger partial charge in [0, 0.05) is 10.1 Å². The van der Waals surface area contributed by atoms with E-state index in [-0.39, 0.29) is 0 Å². The highest BCUT2D eigenvalue weighted by Gasteiger charge is 2.09. The van der Waals surface area contributed by atoms with E-state index < -0.39 is 0 Å². The summed E-state index contributed by atoms with van der Waals surface area (Å²) in [4.78, 5) is 0. The number of benzene rings is 1.